The van der Waals surface area contributed by atoms with Gasteiger partial charge in [-0.3, -0.25) is 0 Å². The second-order valence-electron chi connectivity index (χ2n) is 14.0. The molecule has 2 aliphatic heterocycles. The molecule has 2 heterocycles. The third-order valence-corrected chi connectivity index (χ3v) is 11.1. The van der Waals surface area contributed by atoms with E-state index in [2.05, 4.69) is 0 Å². The highest BCUT2D eigenvalue weighted by Gasteiger charge is 2.54. The van der Waals surface area contributed by atoms with Gasteiger partial charge in [0, 0.05) is 4.90 Å². The van der Waals surface area contributed by atoms with Gasteiger partial charge in [0.05, 0.1) is 38.6 Å². The molecule has 0 unspecified atom stereocenters. The molecular formula is C46H48O11S. The van der Waals surface area contributed by atoms with Gasteiger partial charge in [0.25, 0.3) is 0 Å². The van der Waals surface area contributed by atoms with Gasteiger partial charge >= 0.3 is 5.97 Å². The molecule has 58 heavy (non-hydrogen) atoms. The Labute approximate surface area is 342 Å². The quantitative estimate of drug-likeness (QED) is 0.0958. The van der Waals surface area contributed by atoms with Crippen molar-refractivity contribution >= 4 is 17.7 Å². The van der Waals surface area contributed by atoms with Crippen molar-refractivity contribution in [3.05, 3.63) is 174 Å². The first-order valence-electron chi connectivity index (χ1n) is 19.3. The number of hydrogen-bond donors (Lipinski definition) is 3. The fraction of sp³-hybridized carbons (Fsp3) is 0.326. The van der Waals surface area contributed by atoms with Gasteiger partial charge in [-0.15, -0.1) is 0 Å². The van der Waals surface area contributed by atoms with Gasteiger partial charge in [-0.2, -0.15) is 0 Å². The summed E-state index contributed by atoms with van der Waals surface area (Å²) in [5.74, 6) is -0.671. The Bertz CT molecular complexity index is 1940. The number of ether oxygens (including phenoxy) is 7. The highest BCUT2D eigenvalue weighted by molar-refractivity contribution is 7.99. The molecule has 2 aliphatic rings. The van der Waals surface area contributed by atoms with E-state index in [9.17, 15) is 20.1 Å². The van der Waals surface area contributed by atoms with E-state index in [1.165, 1.54) is 11.8 Å². The molecule has 10 atom stereocenters. The molecule has 7 rings (SSSR count). The minimum Gasteiger partial charge on any atom is -0.450 e. The smallest absolute Gasteiger partial charge is 0.338 e. The molecule has 0 radical (unpaired) electrons. The molecule has 5 aromatic rings. The summed E-state index contributed by atoms with van der Waals surface area (Å²) in [5, 5.41) is 33.7. The van der Waals surface area contributed by atoms with Crippen LogP contribution in [-0.2, 0) is 53.0 Å². The Hall–Kier alpha value is -4.44. The van der Waals surface area contributed by atoms with Gasteiger partial charge in [0.15, 0.2) is 12.4 Å². The van der Waals surface area contributed by atoms with Crippen LogP contribution in [0.5, 0.6) is 0 Å². The van der Waals surface area contributed by atoms with Gasteiger partial charge in [-0.05, 0) is 41.0 Å². The Morgan fingerprint density at radius 1 is 0.569 bits per heavy atom. The van der Waals surface area contributed by atoms with Crippen LogP contribution in [0.4, 0.5) is 0 Å². The van der Waals surface area contributed by atoms with Crippen molar-refractivity contribution in [2.75, 3.05) is 13.2 Å². The summed E-state index contributed by atoms with van der Waals surface area (Å²) in [4.78, 5) is 14.7. The second-order valence-corrected chi connectivity index (χ2v) is 15.2. The van der Waals surface area contributed by atoms with Crippen molar-refractivity contribution in [2.24, 2.45) is 0 Å². The topological polar surface area (TPSA) is 142 Å². The maximum absolute atomic E-state index is 13.9. The van der Waals surface area contributed by atoms with E-state index in [4.69, 9.17) is 33.2 Å². The minimum absolute atomic E-state index is 0.0173. The number of aliphatic hydroxyl groups excluding tert-OH is 3. The van der Waals surface area contributed by atoms with Crippen LogP contribution in [0.2, 0.25) is 0 Å². The predicted molar refractivity (Wildman–Crippen MR) is 215 cm³/mol. The molecular weight excluding hydrogens is 761 g/mol. The number of benzene rings is 5. The summed E-state index contributed by atoms with van der Waals surface area (Å²) < 4.78 is 45.3. The summed E-state index contributed by atoms with van der Waals surface area (Å²) in [7, 11) is 0. The Morgan fingerprint density at radius 2 is 1.09 bits per heavy atom. The van der Waals surface area contributed by atoms with Crippen molar-refractivity contribution in [3.8, 4) is 0 Å². The third-order valence-electron chi connectivity index (χ3n) is 9.92. The summed E-state index contributed by atoms with van der Waals surface area (Å²) >= 11 is 1.22. The first kappa shape index (κ1) is 41.7. The molecule has 11 nitrogen and oxygen atoms in total. The third kappa shape index (κ3) is 11.0. The fourth-order valence-electron chi connectivity index (χ4n) is 6.90. The number of thioether (sulfide) groups is 1. The van der Waals surface area contributed by atoms with Gasteiger partial charge in [0.1, 0.15) is 48.2 Å². The number of carbonyl (C=O) groups excluding carboxylic acids is 1. The molecule has 0 saturated carbocycles. The van der Waals surface area contributed by atoms with Gasteiger partial charge in [0.2, 0.25) is 0 Å². The van der Waals surface area contributed by atoms with E-state index in [-0.39, 0.29) is 32.0 Å². The second kappa shape index (κ2) is 21.0. The maximum Gasteiger partial charge on any atom is 0.338 e. The van der Waals surface area contributed by atoms with E-state index in [1.807, 2.05) is 121 Å². The molecule has 5 aromatic carbocycles. The van der Waals surface area contributed by atoms with E-state index < -0.39 is 73.1 Å². The van der Waals surface area contributed by atoms with Crippen molar-refractivity contribution in [1.82, 2.24) is 0 Å². The fourth-order valence-corrected chi connectivity index (χ4v) is 7.98. The van der Waals surface area contributed by atoms with E-state index >= 15 is 0 Å². The predicted octanol–water partition coefficient (Wildman–Crippen LogP) is 5.94. The molecule has 2 saturated heterocycles. The molecule has 2 fully saturated rings. The van der Waals surface area contributed by atoms with Crippen molar-refractivity contribution in [3.63, 3.8) is 0 Å². The van der Waals surface area contributed by atoms with Gasteiger partial charge in [-0.1, -0.05) is 139 Å². The standard InChI is InChI=1S/C46H48O11S/c47-26-36-38(48)41(39(49)46(55-36)58-35-24-14-5-15-25-35)57-45-43(56-44(50)34-22-12-4-13-23-34)42(53-29-33-20-10-3-11-21-33)40(52-28-32-18-8-2-9-19-32)37(54-45)30-51-27-31-16-6-1-7-17-31/h1-25,36-43,45-49H,26-30H2/t36-,37-,38-,39-,40+,41+,42+,43-,45+,46+/m1/s1. The van der Waals surface area contributed by atoms with E-state index in [0.717, 1.165) is 21.6 Å². The zero-order chi connectivity index (χ0) is 40.1. The molecule has 0 spiro atoms. The van der Waals surface area contributed by atoms with Gasteiger partial charge in [-0.25, -0.2) is 4.79 Å². The number of carbonyl (C=O) groups is 1. The SMILES string of the molecule is O=C(O[C@H]1[C@H](O[C@@H]2[C@@H](O)[C@H](Sc3ccccc3)O[C@H](CO)[C@H]2O)O[C@H](COCc2ccccc2)[C@H](OCc2ccccc2)[C@@H]1OCc1ccccc1)c1ccccc1. The lowest BCUT2D eigenvalue weighted by Crippen LogP contribution is -2.65. The molecule has 0 bridgehead atoms. The summed E-state index contributed by atoms with van der Waals surface area (Å²) in [5.41, 5.74) is 2.04. The number of aliphatic hydroxyl groups is 3. The normalized spacial score (nSPS) is 27.2. The van der Waals surface area contributed by atoms with Gasteiger partial charge < -0.3 is 48.5 Å². The first-order valence-corrected chi connectivity index (χ1v) is 20.2. The van der Waals surface area contributed by atoms with E-state index in [0.29, 0.717) is 0 Å². The number of rotatable bonds is 17. The van der Waals surface area contributed by atoms with Crippen LogP contribution in [0.15, 0.2) is 157 Å². The Kier molecular flexibility index (Phi) is 15.1. The molecule has 0 aromatic heterocycles. The van der Waals surface area contributed by atoms with Crippen molar-refractivity contribution < 1.29 is 53.3 Å². The Balaban J connectivity index is 1.25. The molecule has 0 amide bonds. The number of esters is 1. The van der Waals surface area contributed by atoms with Crippen molar-refractivity contribution in [1.29, 1.82) is 0 Å². The largest absolute Gasteiger partial charge is 0.450 e. The van der Waals surface area contributed by atoms with E-state index in [1.54, 1.807) is 30.3 Å². The van der Waals surface area contributed by atoms with Crippen molar-refractivity contribution in [2.45, 2.75) is 85.3 Å². The molecule has 3 N–H and O–H groups in total. The molecule has 0 aliphatic carbocycles. The van der Waals surface area contributed by atoms with Crippen LogP contribution < -0.4 is 0 Å². The lowest BCUT2D eigenvalue weighted by atomic mass is 9.96. The zero-order valence-electron chi connectivity index (χ0n) is 31.8. The highest BCUT2D eigenvalue weighted by Crippen LogP contribution is 2.38. The minimum atomic E-state index is -1.50. The van der Waals surface area contributed by atoms with Crippen LogP contribution in [0.25, 0.3) is 0 Å². The van der Waals surface area contributed by atoms with Crippen LogP contribution in [0.1, 0.15) is 27.0 Å². The average Bonchev–Trinajstić information content (AvgIpc) is 3.27. The van der Waals surface area contributed by atoms with Crippen LogP contribution in [-0.4, -0.2) is 95.1 Å². The molecule has 12 heteroatoms. The number of hydrogen-bond acceptors (Lipinski definition) is 12. The lowest BCUT2D eigenvalue weighted by Gasteiger charge is -2.48. The average molecular weight is 809 g/mol. The molecule has 304 valence electrons. The zero-order valence-corrected chi connectivity index (χ0v) is 32.6. The summed E-state index contributed by atoms with van der Waals surface area (Å²) in [6.45, 7) is 0.0298. The summed E-state index contributed by atoms with van der Waals surface area (Å²) in [6, 6.07) is 46.7. The van der Waals surface area contributed by atoms with Crippen LogP contribution in [0, 0.1) is 0 Å². The highest BCUT2D eigenvalue weighted by atomic mass is 32.2. The monoisotopic (exact) mass is 808 g/mol. The van der Waals surface area contributed by atoms with Crippen LogP contribution in [0.3, 0.4) is 0 Å². The lowest BCUT2D eigenvalue weighted by molar-refractivity contribution is -0.347. The first-order chi connectivity index (χ1) is 28.5. The maximum atomic E-state index is 13.9. The van der Waals surface area contributed by atoms with Crippen LogP contribution >= 0.6 is 11.8 Å². The summed E-state index contributed by atoms with van der Waals surface area (Å²) in [6.07, 6.45) is -10.9. The Morgan fingerprint density at radius 3 is 1.66 bits per heavy atom.